The number of ether oxygens (including phenoxy) is 2. The number of H-pyrrole nitrogens is 1. The number of aromatic nitrogens is 4. The fourth-order valence-corrected chi connectivity index (χ4v) is 5.88. The van der Waals surface area contributed by atoms with E-state index in [4.69, 9.17) is 14.5 Å². The van der Waals surface area contributed by atoms with Crippen LogP contribution in [0.3, 0.4) is 0 Å². The monoisotopic (exact) mass is 539 g/mol. The van der Waals surface area contributed by atoms with Crippen molar-refractivity contribution in [1.29, 1.82) is 5.26 Å². The molecule has 0 bridgehead atoms. The molecule has 0 unspecified atom stereocenters. The summed E-state index contributed by atoms with van der Waals surface area (Å²) in [6.45, 7) is 9.72. The average molecular weight is 540 g/mol. The molecule has 0 radical (unpaired) electrons. The van der Waals surface area contributed by atoms with Gasteiger partial charge in [-0.1, -0.05) is 6.07 Å². The normalized spacial score (nSPS) is 17.4. The van der Waals surface area contributed by atoms with E-state index in [1.807, 2.05) is 27.0 Å². The van der Waals surface area contributed by atoms with Crippen LogP contribution in [0.25, 0.3) is 32.9 Å². The number of anilines is 1. The predicted octanol–water partition coefficient (Wildman–Crippen LogP) is 5.15. The van der Waals surface area contributed by atoms with Crippen molar-refractivity contribution >= 4 is 33.7 Å². The van der Waals surface area contributed by atoms with E-state index < -0.39 is 11.7 Å². The smallest absolute Gasteiger partial charge is 0.410 e. The van der Waals surface area contributed by atoms with Crippen molar-refractivity contribution in [2.45, 2.75) is 58.6 Å². The quantitative estimate of drug-likeness (QED) is 0.380. The topological polar surface area (TPSA) is 120 Å². The number of piperazine rings is 1. The van der Waals surface area contributed by atoms with Gasteiger partial charge in [-0.3, -0.25) is 5.10 Å². The maximum absolute atomic E-state index is 12.9. The number of nitriles is 1. The lowest BCUT2D eigenvalue weighted by Crippen LogP contribution is -2.56. The molecule has 10 heteroatoms. The van der Waals surface area contributed by atoms with E-state index in [0.29, 0.717) is 26.2 Å². The van der Waals surface area contributed by atoms with Gasteiger partial charge in [0.15, 0.2) is 0 Å². The van der Waals surface area contributed by atoms with Gasteiger partial charge in [-0.15, -0.1) is 0 Å². The van der Waals surface area contributed by atoms with Gasteiger partial charge >= 0.3 is 6.09 Å². The SMILES string of the molecule is Cc1ccc2[nH]ncc2c1-c1cc2ncnc(N3CCN(C(=O)OC(C)(C)C)[C@@H](CC#N)C3)c2c2c1CCCO2. The maximum Gasteiger partial charge on any atom is 0.410 e. The Morgan fingerprint density at radius 2 is 2.12 bits per heavy atom. The van der Waals surface area contributed by atoms with Gasteiger partial charge < -0.3 is 19.3 Å². The molecule has 2 aromatic carbocycles. The Morgan fingerprint density at radius 3 is 2.92 bits per heavy atom. The molecule has 0 saturated carbocycles. The van der Waals surface area contributed by atoms with Gasteiger partial charge in [0, 0.05) is 30.6 Å². The van der Waals surface area contributed by atoms with Crippen LogP contribution in [-0.2, 0) is 11.2 Å². The molecule has 2 aliphatic heterocycles. The maximum atomic E-state index is 12.9. The summed E-state index contributed by atoms with van der Waals surface area (Å²) < 4.78 is 12.0. The second-order valence-electron chi connectivity index (χ2n) is 11.5. The lowest BCUT2D eigenvalue weighted by Gasteiger charge is -2.41. The highest BCUT2D eigenvalue weighted by atomic mass is 16.6. The third kappa shape index (κ3) is 4.55. The summed E-state index contributed by atoms with van der Waals surface area (Å²) in [5, 5.41) is 18.9. The molecule has 1 atom stereocenters. The number of rotatable bonds is 3. The Hall–Kier alpha value is -4.39. The number of carbonyl (C=O) groups excluding carboxylic acids is 1. The molecular formula is C30H33N7O3. The zero-order valence-electron chi connectivity index (χ0n) is 23.3. The standard InChI is InChI=1S/C30H33N7O3/c1-18-7-8-23-22(15-34-35-23)25(18)21-14-24-26(27-20(21)6-5-13-39-27)28(33-17-32-24)36-11-12-37(19(16-36)9-10-31)29(38)40-30(2,3)4/h7-8,14-15,17,19H,5-6,9,11-13,16H2,1-4H3,(H,34,35)/t19-/m0/s1. The van der Waals surface area contributed by atoms with Gasteiger partial charge in [0.25, 0.3) is 0 Å². The zero-order chi connectivity index (χ0) is 28.0. The Morgan fingerprint density at radius 1 is 1.27 bits per heavy atom. The van der Waals surface area contributed by atoms with E-state index in [1.54, 1.807) is 11.2 Å². The van der Waals surface area contributed by atoms with E-state index in [-0.39, 0.29) is 12.5 Å². The summed E-state index contributed by atoms with van der Waals surface area (Å²) in [6, 6.07) is 8.24. The summed E-state index contributed by atoms with van der Waals surface area (Å²) >= 11 is 0. The lowest BCUT2D eigenvalue weighted by molar-refractivity contribution is 0.0145. The molecule has 2 aromatic heterocycles. The summed E-state index contributed by atoms with van der Waals surface area (Å²) in [4.78, 5) is 26.2. The molecule has 1 fully saturated rings. The van der Waals surface area contributed by atoms with Crippen molar-refractivity contribution in [3.63, 3.8) is 0 Å². The summed E-state index contributed by atoms with van der Waals surface area (Å²) in [7, 11) is 0. The third-order valence-electron chi connectivity index (χ3n) is 7.62. The van der Waals surface area contributed by atoms with Crippen molar-refractivity contribution in [2.75, 3.05) is 31.1 Å². The Kier molecular flexibility index (Phi) is 6.45. The number of benzene rings is 2. The minimum atomic E-state index is -0.610. The largest absolute Gasteiger partial charge is 0.492 e. The van der Waals surface area contributed by atoms with Crippen LogP contribution in [0.2, 0.25) is 0 Å². The molecule has 1 saturated heterocycles. The molecule has 4 heterocycles. The second kappa shape index (κ2) is 9.97. The van der Waals surface area contributed by atoms with Gasteiger partial charge in [-0.2, -0.15) is 10.4 Å². The van der Waals surface area contributed by atoms with Crippen molar-refractivity contribution in [3.8, 4) is 22.9 Å². The van der Waals surface area contributed by atoms with Crippen molar-refractivity contribution in [3.05, 3.63) is 41.9 Å². The number of hydrogen-bond acceptors (Lipinski definition) is 8. The lowest BCUT2D eigenvalue weighted by atomic mass is 9.88. The van der Waals surface area contributed by atoms with Crippen LogP contribution in [0.1, 0.15) is 44.7 Å². The highest BCUT2D eigenvalue weighted by Gasteiger charge is 2.35. The van der Waals surface area contributed by atoms with Crippen LogP contribution < -0.4 is 9.64 Å². The van der Waals surface area contributed by atoms with E-state index in [0.717, 1.165) is 68.5 Å². The van der Waals surface area contributed by atoms with E-state index in [1.165, 1.54) is 0 Å². The van der Waals surface area contributed by atoms with Crippen LogP contribution >= 0.6 is 0 Å². The van der Waals surface area contributed by atoms with E-state index in [2.05, 4.69) is 51.3 Å². The number of nitrogens with one attached hydrogen (secondary N) is 1. The molecule has 2 aliphatic rings. The average Bonchev–Trinajstić information content (AvgIpc) is 3.40. The minimum absolute atomic E-state index is 0.200. The number of nitrogens with zero attached hydrogens (tertiary/aromatic N) is 6. The van der Waals surface area contributed by atoms with Gasteiger partial charge in [0.05, 0.1) is 47.8 Å². The molecule has 40 heavy (non-hydrogen) atoms. The van der Waals surface area contributed by atoms with Crippen LogP contribution in [-0.4, -0.2) is 69.0 Å². The van der Waals surface area contributed by atoms with Crippen LogP contribution in [0, 0.1) is 18.3 Å². The molecule has 4 aromatic rings. The van der Waals surface area contributed by atoms with E-state index in [9.17, 15) is 10.1 Å². The van der Waals surface area contributed by atoms with E-state index >= 15 is 0 Å². The predicted molar refractivity (Wildman–Crippen MR) is 152 cm³/mol. The summed E-state index contributed by atoms with van der Waals surface area (Å²) in [6.07, 6.45) is 5.07. The highest BCUT2D eigenvalue weighted by molar-refractivity contribution is 6.04. The summed E-state index contributed by atoms with van der Waals surface area (Å²) in [5.74, 6) is 1.58. The first kappa shape index (κ1) is 25.9. The fraction of sp³-hybridized carbons (Fsp3) is 0.433. The van der Waals surface area contributed by atoms with Gasteiger partial charge in [0.1, 0.15) is 23.5 Å². The number of hydrogen-bond donors (Lipinski definition) is 1. The van der Waals surface area contributed by atoms with Crippen LogP contribution in [0.5, 0.6) is 5.75 Å². The molecule has 6 rings (SSSR count). The zero-order valence-corrected chi connectivity index (χ0v) is 23.3. The first-order valence-electron chi connectivity index (χ1n) is 13.7. The van der Waals surface area contributed by atoms with Gasteiger partial charge in [0.2, 0.25) is 0 Å². The Balaban J connectivity index is 1.44. The molecular weight excluding hydrogens is 506 g/mol. The first-order valence-corrected chi connectivity index (χ1v) is 13.7. The number of aromatic amines is 1. The molecule has 1 amide bonds. The molecule has 0 aliphatic carbocycles. The Labute approximate surface area is 232 Å². The number of aryl methyl sites for hydroxylation is 1. The van der Waals surface area contributed by atoms with Gasteiger partial charge in [-0.25, -0.2) is 14.8 Å². The van der Waals surface area contributed by atoms with Gasteiger partial charge in [-0.05, 0) is 69.4 Å². The molecule has 10 nitrogen and oxygen atoms in total. The highest BCUT2D eigenvalue weighted by Crippen LogP contribution is 2.45. The van der Waals surface area contributed by atoms with Crippen LogP contribution in [0.15, 0.2) is 30.7 Å². The van der Waals surface area contributed by atoms with Crippen molar-refractivity contribution in [2.24, 2.45) is 0 Å². The number of amides is 1. The van der Waals surface area contributed by atoms with Crippen LogP contribution in [0.4, 0.5) is 10.6 Å². The molecule has 206 valence electrons. The Bertz CT molecular complexity index is 1650. The molecule has 1 N–H and O–H groups in total. The molecule has 0 spiro atoms. The fourth-order valence-electron chi connectivity index (χ4n) is 5.88. The number of carbonyl (C=O) groups is 1. The van der Waals surface area contributed by atoms with Crippen molar-refractivity contribution in [1.82, 2.24) is 25.1 Å². The third-order valence-corrected chi connectivity index (χ3v) is 7.62. The second-order valence-corrected chi connectivity index (χ2v) is 11.5. The van der Waals surface area contributed by atoms with Crippen molar-refractivity contribution < 1.29 is 14.3 Å². The summed E-state index contributed by atoms with van der Waals surface area (Å²) in [5.41, 5.74) is 5.72. The first-order chi connectivity index (χ1) is 19.2. The number of fused-ring (bicyclic) bond motifs is 4. The minimum Gasteiger partial charge on any atom is -0.492 e.